The Labute approximate surface area is 155 Å². The van der Waals surface area contributed by atoms with E-state index < -0.39 is 0 Å². The topological polar surface area (TPSA) is 63.3 Å². The van der Waals surface area contributed by atoms with Gasteiger partial charge in [-0.05, 0) is 38.1 Å². The van der Waals surface area contributed by atoms with Crippen LogP contribution in [0.25, 0.3) is 0 Å². The first-order valence-corrected chi connectivity index (χ1v) is 9.69. The van der Waals surface area contributed by atoms with Gasteiger partial charge in [0.25, 0.3) is 0 Å². The first-order valence-electron chi connectivity index (χ1n) is 9.69. The van der Waals surface area contributed by atoms with Gasteiger partial charge in [-0.3, -0.25) is 4.79 Å². The van der Waals surface area contributed by atoms with Crippen LogP contribution in [0.4, 0.5) is 5.69 Å². The number of amides is 1. The molecule has 1 saturated heterocycles. The molecule has 5 heteroatoms. The van der Waals surface area contributed by atoms with Gasteiger partial charge in [0.1, 0.15) is 6.54 Å². The number of anilines is 1. The van der Waals surface area contributed by atoms with Gasteiger partial charge in [-0.1, -0.05) is 17.7 Å². The Morgan fingerprint density at radius 1 is 1.23 bits per heavy atom. The maximum atomic E-state index is 12.3. The van der Waals surface area contributed by atoms with Crippen LogP contribution in [0.1, 0.15) is 43.6 Å². The van der Waals surface area contributed by atoms with Gasteiger partial charge in [0, 0.05) is 18.5 Å². The summed E-state index contributed by atoms with van der Waals surface area (Å²) in [7, 11) is 0. The zero-order valence-electron chi connectivity index (χ0n) is 15.8. The highest BCUT2D eigenvalue weighted by molar-refractivity contribution is 5.90. The maximum Gasteiger partial charge on any atom is 0.230 e. The molecule has 2 heterocycles. The first-order chi connectivity index (χ1) is 12.6. The van der Waals surface area contributed by atoms with Gasteiger partial charge in [-0.25, -0.2) is 0 Å². The van der Waals surface area contributed by atoms with Crippen LogP contribution < -0.4 is 15.5 Å². The van der Waals surface area contributed by atoms with Gasteiger partial charge in [-0.15, -0.1) is 0 Å². The summed E-state index contributed by atoms with van der Waals surface area (Å²) < 4.78 is 5.69. The molecular weight excluding hydrogens is 326 g/mol. The number of carbonyl (C=O) groups excluding carboxylic acids is 1. The van der Waals surface area contributed by atoms with Gasteiger partial charge in [0.2, 0.25) is 5.91 Å². The molecule has 26 heavy (non-hydrogen) atoms. The Kier molecular flexibility index (Phi) is 6.47. The SMILES string of the molecule is Cc1ccc(NC(=O)C[C@@H](C)[NH2+]C[C@@H](c2ccco2)[NH+]2CCCC2)cc1. The van der Waals surface area contributed by atoms with E-state index in [1.165, 1.54) is 31.5 Å². The molecule has 2 aromatic rings. The van der Waals surface area contributed by atoms with Crippen LogP contribution in [0.5, 0.6) is 0 Å². The fraction of sp³-hybridized carbons (Fsp3) is 0.476. The number of aryl methyl sites for hydroxylation is 1. The quantitative estimate of drug-likeness (QED) is 0.667. The van der Waals surface area contributed by atoms with Crippen molar-refractivity contribution in [2.75, 3.05) is 25.0 Å². The predicted octanol–water partition coefficient (Wildman–Crippen LogP) is 1.29. The van der Waals surface area contributed by atoms with Crippen LogP contribution in [0.3, 0.4) is 0 Å². The van der Waals surface area contributed by atoms with E-state index in [0.29, 0.717) is 12.5 Å². The molecule has 5 nitrogen and oxygen atoms in total. The van der Waals surface area contributed by atoms with E-state index in [9.17, 15) is 4.79 Å². The van der Waals surface area contributed by atoms with Crippen molar-refractivity contribution in [3.05, 3.63) is 54.0 Å². The van der Waals surface area contributed by atoms with Gasteiger partial charge in [0.15, 0.2) is 11.8 Å². The molecule has 1 fully saturated rings. The highest BCUT2D eigenvalue weighted by atomic mass is 16.3. The molecule has 0 unspecified atom stereocenters. The third-order valence-corrected chi connectivity index (χ3v) is 5.24. The lowest BCUT2D eigenvalue weighted by atomic mass is 10.1. The van der Waals surface area contributed by atoms with Crippen molar-refractivity contribution in [3.8, 4) is 0 Å². The van der Waals surface area contributed by atoms with Crippen LogP contribution >= 0.6 is 0 Å². The van der Waals surface area contributed by atoms with Crippen molar-refractivity contribution in [3.63, 3.8) is 0 Å². The third kappa shape index (κ3) is 5.19. The molecule has 4 N–H and O–H groups in total. The number of hydrogen-bond donors (Lipinski definition) is 3. The molecular formula is C21H31N3O2+2. The number of quaternary nitrogens is 2. The normalized spacial score (nSPS) is 17.2. The molecule has 1 aromatic heterocycles. The Bertz CT molecular complexity index is 676. The summed E-state index contributed by atoms with van der Waals surface area (Å²) in [6.45, 7) is 7.53. The van der Waals surface area contributed by atoms with E-state index in [0.717, 1.165) is 18.0 Å². The number of benzene rings is 1. The second-order valence-corrected chi connectivity index (χ2v) is 7.50. The average molecular weight is 357 g/mol. The monoisotopic (exact) mass is 357 g/mol. The lowest BCUT2D eigenvalue weighted by Crippen LogP contribution is -3.13. The van der Waals surface area contributed by atoms with Crippen molar-refractivity contribution in [2.24, 2.45) is 0 Å². The number of furan rings is 1. The molecule has 1 aliphatic rings. The molecule has 0 aliphatic carbocycles. The molecule has 3 rings (SSSR count). The minimum atomic E-state index is 0.0701. The second-order valence-electron chi connectivity index (χ2n) is 7.50. The standard InChI is InChI=1S/C21H29N3O2/c1-16-7-9-18(10-8-16)23-21(25)14-17(2)22-15-19(20-6-5-13-26-20)24-11-3-4-12-24/h5-10,13,17,19,22H,3-4,11-12,14-15H2,1-2H3,(H,23,25)/p+2/t17-,19+/m1/s1. The molecule has 140 valence electrons. The first kappa shape index (κ1) is 18.7. The fourth-order valence-electron chi connectivity index (χ4n) is 3.74. The van der Waals surface area contributed by atoms with Crippen molar-refractivity contribution in [1.82, 2.24) is 0 Å². The summed E-state index contributed by atoms with van der Waals surface area (Å²) in [6.07, 6.45) is 4.85. The Morgan fingerprint density at radius 3 is 2.62 bits per heavy atom. The summed E-state index contributed by atoms with van der Waals surface area (Å²) >= 11 is 0. The van der Waals surface area contributed by atoms with Gasteiger partial charge < -0.3 is 20.0 Å². The van der Waals surface area contributed by atoms with Crippen molar-refractivity contribution < 1.29 is 19.4 Å². The number of nitrogens with one attached hydrogen (secondary N) is 2. The number of carbonyl (C=O) groups is 1. The lowest BCUT2D eigenvalue weighted by molar-refractivity contribution is -0.937. The number of nitrogens with two attached hydrogens (primary N) is 1. The highest BCUT2D eigenvalue weighted by Gasteiger charge is 2.31. The van der Waals surface area contributed by atoms with E-state index in [1.54, 1.807) is 11.2 Å². The molecule has 1 amide bonds. The largest absolute Gasteiger partial charge is 0.463 e. The summed E-state index contributed by atoms with van der Waals surface area (Å²) in [4.78, 5) is 13.9. The van der Waals surface area contributed by atoms with Crippen LogP contribution in [-0.4, -0.2) is 31.6 Å². The molecule has 0 radical (unpaired) electrons. The summed E-state index contributed by atoms with van der Waals surface area (Å²) in [5, 5.41) is 5.27. The zero-order valence-corrected chi connectivity index (χ0v) is 15.8. The van der Waals surface area contributed by atoms with Crippen LogP contribution in [0, 0.1) is 6.92 Å². The molecule has 2 atom stereocenters. The van der Waals surface area contributed by atoms with Crippen molar-refractivity contribution in [2.45, 2.75) is 45.2 Å². The Morgan fingerprint density at radius 2 is 1.96 bits per heavy atom. The van der Waals surface area contributed by atoms with E-state index >= 15 is 0 Å². The zero-order chi connectivity index (χ0) is 18.4. The van der Waals surface area contributed by atoms with Gasteiger partial charge >= 0.3 is 0 Å². The Balaban J connectivity index is 1.49. The van der Waals surface area contributed by atoms with E-state index in [1.807, 2.05) is 37.3 Å². The number of rotatable bonds is 8. The molecule has 1 aromatic carbocycles. The average Bonchev–Trinajstić information content (AvgIpc) is 3.31. The van der Waals surface area contributed by atoms with Crippen molar-refractivity contribution in [1.29, 1.82) is 0 Å². The number of likely N-dealkylation sites (tertiary alicyclic amines) is 1. The van der Waals surface area contributed by atoms with Crippen molar-refractivity contribution >= 4 is 11.6 Å². The summed E-state index contributed by atoms with van der Waals surface area (Å²) in [6, 6.07) is 12.6. The van der Waals surface area contributed by atoms with E-state index in [-0.39, 0.29) is 11.9 Å². The Hall–Kier alpha value is -2.11. The molecule has 0 bridgehead atoms. The summed E-state index contributed by atoms with van der Waals surface area (Å²) in [5.74, 6) is 1.13. The highest BCUT2D eigenvalue weighted by Crippen LogP contribution is 2.11. The van der Waals surface area contributed by atoms with Crippen LogP contribution in [-0.2, 0) is 4.79 Å². The van der Waals surface area contributed by atoms with E-state index in [4.69, 9.17) is 4.42 Å². The molecule has 0 spiro atoms. The van der Waals surface area contributed by atoms with E-state index in [2.05, 4.69) is 23.6 Å². The smallest absolute Gasteiger partial charge is 0.230 e. The maximum absolute atomic E-state index is 12.3. The van der Waals surface area contributed by atoms with Gasteiger partial charge in [-0.2, -0.15) is 0 Å². The predicted molar refractivity (Wildman–Crippen MR) is 102 cm³/mol. The number of hydrogen-bond acceptors (Lipinski definition) is 2. The van der Waals surface area contributed by atoms with Crippen LogP contribution in [0.2, 0.25) is 0 Å². The second kappa shape index (κ2) is 9.01. The minimum absolute atomic E-state index is 0.0701. The molecule has 1 aliphatic heterocycles. The minimum Gasteiger partial charge on any atom is -0.463 e. The molecule has 0 saturated carbocycles. The van der Waals surface area contributed by atoms with Crippen LogP contribution in [0.15, 0.2) is 47.1 Å². The summed E-state index contributed by atoms with van der Waals surface area (Å²) in [5.41, 5.74) is 2.06. The lowest BCUT2D eigenvalue weighted by Gasteiger charge is -2.22. The fourth-order valence-corrected chi connectivity index (χ4v) is 3.74. The van der Waals surface area contributed by atoms with Gasteiger partial charge in [0.05, 0.1) is 31.8 Å². The third-order valence-electron chi connectivity index (χ3n) is 5.24.